The first-order chi connectivity index (χ1) is 8.67. The van der Waals surface area contributed by atoms with Gasteiger partial charge in [-0.2, -0.15) is 0 Å². The highest BCUT2D eigenvalue weighted by Gasteiger charge is 2.13. The zero-order valence-corrected chi connectivity index (χ0v) is 11.4. The van der Waals surface area contributed by atoms with E-state index < -0.39 is 0 Å². The van der Waals surface area contributed by atoms with Crippen LogP contribution in [0.4, 0.5) is 0 Å². The molecule has 0 fully saturated rings. The van der Waals surface area contributed by atoms with Crippen LogP contribution in [0.2, 0.25) is 0 Å². The smallest absolute Gasteiger partial charge is 0.106 e. The van der Waals surface area contributed by atoms with Gasteiger partial charge in [0.25, 0.3) is 0 Å². The second-order valence-electron chi connectivity index (χ2n) is 4.60. The fourth-order valence-electron chi connectivity index (χ4n) is 2.21. The average Bonchev–Trinajstić information content (AvgIpc) is 2.68. The Kier molecular flexibility index (Phi) is 3.82. The fraction of sp³-hybridized carbons (Fsp3) is 0.400. The van der Waals surface area contributed by atoms with Crippen LogP contribution in [0.15, 0.2) is 24.3 Å². The standard InChI is InChI=1S/C15H21N3/c1-4-12-5-7-13(8-6-12)15-14(9-10-16)18(3)11(2)17-15/h5-8H,4,9-10,16H2,1-3H3. The normalized spacial score (nSPS) is 10.9. The van der Waals surface area contributed by atoms with E-state index in [2.05, 4.69) is 47.8 Å². The number of hydrogen-bond acceptors (Lipinski definition) is 2. The van der Waals surface area contributed by atoms with Crippen LogP contribution < -0.4 is 5.73 Å². The maximum Gasteiger partial charge on any atom is 0.106 e. The summed E-state index contributed by atoms with van der Waals surface area (Å²) in [6.45, 7) is 4.85. The highest BCUT2D eigenvalue weighted by molar-refractivity contribution is 5.63. The number of rotatable bonds is 4. The summed E-state index contributed by atoms with van der Waals surface area (Å²) in [5.41, 5.74) is 10.5. The first-order valence-corrected chi connectivity index (χ1v) is 6.49. The van der Waals surface area contributed by atoms with Crippen molar-refractivity contribution in [2.24, 2.45) is 12.8 Å². The number of aryl methyl sites for hydroxylation is 2. The van der Waals surface area contributed by atoms with Gasteiger partial charge in [-0.15, -0.1) is 0 Å². The van der Waals surface area contributed by atoms with E-state index in [-0.39, 0.29) is 0 Å². The van der Waals surface area contributed by atoms with Crippen molar-refractivity contribution >= 4 is 0 Å². The van der Waals surface area contributed by atoms with E-state index in [1.54, 1.807) is 0 Å². The largest absolute Gasteiger partial charge is 0.335 e. The lowest BCUT2D eigenvalue weighted by molar-refractivity contribution is 0.778. The third kappa shape index (κ3) is 2.31. The Hall–Kier alpha value is -1.61. The van der Waals surface area contributed by atoms with Gasteiger partial charge in [0.05, 0.1) is 5.69 Å². The molecule has 96 valence electrons. The van der Waals surface area contributed by atoms with E-state index in [4.69, 9.17) is 5.73 Å². The van der Waals surface area contributed by atoms with E-state index in [9.17, 15) is 0 Å². The summed E-state index contributed by atoms with van der Waals surface area (Å²) in [5, 5.41) is 0. The van der Waals surface area contributed by atoms with Crippen molar-refractivity contribution in [3.8, 4) is 11.3 Å². The molecule has 3 heteroatoms. The molecule has 2 N–H and O–H groups in total. The Morgan fingerprint density at radius 1 is 1.22 bits per heavy atom. The predicted molar refractivity (Wildman–Crippen MR) is 75.5 cm³/mol. The molecule has 1 aromatic heterocycles. The van der Waals surface area contributed by atoms with Crippen LogP contribution in [0.5, 0.6) is 0 Å². The van der Waals surface area contributed by atoms with Gasteiger partial charge in [-0.05, 0) is 25.5 Å². The zero-order valence-electron chi connectivity index (χ0n) is 11.4. The topological polar surface area (TPSA) is 43.8 Å². The minimum absolute atomic E-state index is 0.652. The third-order valence-corrected chi connectivity index (χ3v) is 3.45. The van der Waals surface area contributed by atoms with Gasteiger partial charge in [0.15, 0.2) is 0 Å². The molecular weight excluding hydrogens is 222 g/mol. The minimum Gasteiger partial charge on any atom is -0.335 e. The molecule has 0 atom stereocenters. The Balaban J connectivity index is 2.45. The predicted octanol–water partition coefficient (Wildman–Crippen LogP) is 2.46. The highest BCUT2D eigenvalue weighted by Crippen LogP contribution is 2.24. The lowest BCUT2D eigenvalue weighted by Gasteiger charge is -2.06. The van der Waals surface area contributed by atoms with Gasteiger partial charge in [-0.3, -0.25) is 0 Å². The number of imidazole rings is 1. The highest BCUT2D eigenvalue weighted by atomic mass is 15.1. The maximum atomic E-state index is 5.69. The van der Waals surface area contributed by atoms with Crippen molar-refractivity contribution in [3.63, 3.8) is 0 Å². The van der Waals surface area contributed by atoms with Gasteiger partial charge >= 0.3 is 0 Å². The molecule has 18 heavy (non-hydrogen) atoms. The molecule has 0 aliphatic carbocycles. The number of nitrogens with zero attached hydrogens (tertiary/aromatic N) is 2. The number of aromatic nitrogens is 2. The van der Waals surface area contributed by atoms with E-state index in [1.807, 2.05) is 6.92 Å². The van der Waals surface area contributed by atoms with Crippen LogP contribution >= 0.6 is 0 Å². The molecule has 0 aliphatic rings. The van der Waals surface area contributed by atoms with E-state index >= 15 is 0 Å². The molecule has 0 saturated carbocycles. The van der Waals surface area contributed by atoms with E-state index in [0.29, 0.717) is 6.54 Å². The molecule has 0 spiro atoms. The van der Waals surface area contributed by atoms with Gasteiger partial charge in [0.1, 0.15) is 5.82 Å². The minimum atomic E-state index is 0.652. The summed E-state index contributed by atoms with van der Waals surface area (Å²) in [7, 11) is 2.05. The van der Waals surface area contributed by atoms with Crippen LogP contribution in [-0.4, -0.2) is 16.1 Å². The SMILES string of the molecule is CCc1ccc(-c2nc(C)n(C)c2CCN)cc1. The second-order valence-corrected chi connectivity index (χ2v) is 4.60. The molecular formula is C15H21N3. The molecule has 2 aromatic rings. The van der Waals surface area contributed by atoms with Crippen LogP contribution in [0, 0.1) is 6.92 Å². The van der Waals surface area contributed by atoms with Gasteiger partial charge in [-0.25, -0.2) is 4.98 Å². The van der Waals surface area contributed by atoms with Gasteiger partial charge < -0.3 is 10.3 Å². The van der Waals surface area contributed by atoms with E-state index in [0.717, 1.165) is 24.4 Å². The average molecular weight is 243 g/mol. The molecule has 2 rings (SSSR count). The summed E-state index contributed by atoms with van der Waals surface area (Å²) < 4.78 is 2.13. The van der Waals surface area contributed by atoms with Crippen LogP contribution in [0.1, 0.15) is 24.0 Å². The van der Waals surface area contributed by atoms with Crippen molar-refractivity contribution < 1.29 is 0 Å². The van der Waals surface area contributed by atoms with Crippen molar-refractivity contribution in [3.05, 3.63) is 41.3 Å². The van der Waals surface area contributed by atoms with Crippen LogP contribution in [0.25, 0.3) is 11.3 Å². The molecule has 3 nitrogen and oxygen atoms in total. The van der Waals surface area contributed by atoms with Gasteiger partial charge in [0, 0.05) is 24.7 Å². The summed E-state index contributed by atoms with van der Waals surface area (Å²) in [5.74, 6) is 1.04. The van der Waals surface area contributed by atoms with Crippen molar-refractivity contribution in [1.82, 2.24) is 9.55 Å². The molecule has 1 heterocycles. The molecule has 1 aromatic carbocycles. The lowest BCUT2D eigenvalue weighted by Crippen LogP contribution is -2.08. The first kappa shape index (κ1) is 12.8. The molecule has 0 unspecified atom stereocenters. The second kappa shape index (κ2) is 5.36. The summed E-state index contributed by atoms with van der Waals surface area (Å²) in [4.78, 5) is 4.66. The summed E-state index contributed by atoms with van der Waals surface area (Å²) in [6.07, 6.45) is 1.93. The molecule has 0 aliphatic heterocycles. The number of nitrogens with two attached hydrogens (primary N) is 1. The molecule has 0 bridgehead atoms. The fourth-order valence-corrected chi connectivity index (χ4v) is 2.21. The Morgan fingerprint density at radius 2 is 1.89 bits per heavy atom. The van der Waals surface area contributed by atoms with Crippen LogP contribution in [-0.2, 0) is 19.9 Å². The maximum absolute atomic E-state index is 5.69. The van der Waals surface area contributed by atoms with Crippen LogP contribution in [0.3, 0.4) is 0 Å². The van der Waals surface area contributed by atoms with Gasteiger partial charge in [-0.1, -0.05) is 31.2 Å². The van der Waals surface area contributed by atoms with Gasteiger partial charge in [0.2, 0.25) is 0 Å². The number of benzene rings is 1. The molecule has 0 saturated heterocycles. The number of hydrogen-bond donors (Lipinski definition) is 1. The summed E-state index contributed by atoms with van der Waals surface area (Å²) in [6, 6.07) is 8.65. The van der Waals surface area contributed by atoms with Crippen molar-refractivity contribution in [2.45, 2.75) is 26.7 Å². The first-order valence-electron chi connectivity index (χ1n) is 6.49. The third-order valence-electron chi connectivity index (χ3n) is 3.45. The summed E-state index contributed by atoms with van der Waals surface area (Å²) >= 11 is 0. The Labute approximate surface area is 109 Å². The molecule has 0 amide bonds. The Morgan fingerprint density at radius 3 is 2.44 bits per heavy atom. The van der Waals surface area contributed by atoms with Crippen molar-refractivity contribution in [1.29, 1.82) is 0 Å². The Bertz CT molecular complexity index is 523. The molecule has 0 radical (unpaired) electrons. The quantitative estimate of drug-likeness (QED) is 0.896. The monoisotopic (exact) mass is 243 g/mol. The van der Waals surface area contributed by atoms with Crippen molar-refractivity contribution in [2.75, 3.05) is 6.54 Å². The lowest BCUT2D eigenvalue weighted by atomic mass is 10.1. The van der Waals surface area contributed by atoms with E-state index in [1.165, 1.54) is 16.8 Å². The zero-order chi connectivity index (χ0) is 13.1.